The maximum absolute atomic E-state index is 11.2. The quantitative estimate of drug-likeness (QED) is 0.542. The number of ether oxygens (including phenoxy) is 2. The minimum atomic E-state index is -0.556. The molecule has 0 saturated carbocycles. The van der Waals surface area contributed by atoms with Crippen molar-refractivity contribution in [1.29, 1.82) is 0 Å². The Hall–Kier alpha value is -1.30. The number of carbonyl (C=O) groups is 2. The van der Waals surface area contributed by atoms with Crippen LogP contribution in [-0.4, -0.2) is 36.5 Å². The van der Waals surface area contributed by atoms with E-state index in [0.29, 0.717) is 0 Å². The predicted molar refractivity (Wildman–Crippen MR) is 56.7 cm³/mol. The third-order valence-corrected chi connectivity index (χ3v) is 1.96. The van der Waals surface area contributed by atoms with Crippen LogP contribution in [-0.2, 0) is 14.3 Å². The summed E-state index contributed by atoms with van der Waals surface area (Å²) in [4.78, 5) is 22.2. The molecule has 2 amide bonds. The van der Waals surface area contributed by atoms with Gasteiger partial charge in [0.25, 0.3) is 5.91 Å². The second-order valence-corrected chi connectivity index (χ2v) is 4.71. The van der Waals surface area contributed by atoms with Crippen LogP contribution in [0, 0.1) is 0 Å². The number of β-lactam (4-membered cyclic amide) rings is 1. The van der Waals surface area contributed by atoms with Gasteiger partial charge in [-0.2, -0.15) is 0 Å². The number of amides is 2. The highest BCUT2D eigenvalue weighted by molar-refractivity contribution is 5.88. The van der Waals surface area contributed by atoms with Crippen LogP contribution in [0.1, 0.15) is 27.7 Å². The van der Waals surface area contributed by atoms with Crippen LogP contribution in [0.3, 0.4) is 0 Å². The highest BCUT2D eigenvalue weighted by atomic mass is 16.6. The van der Waals surface area contributed by atoms with Crippen molar-refractivity contribution in [3.63, 3.8) is 0 Å². The largest absolute Gasteiger partial charge is 0.444 e. The lowest BCUT2D eigenvalue weighted by atomic mass is 10.1. The Kier molecular flexibility index (Phi) is 3.74. The van der Waals surface area contributed by atoms with E-state index >= 15 is 0 Å². The summed E-state index contributed by atoms with van der Waals surface area (Å²) in [6.45, 7) is 7.12. The molecular weight excluding hydrogens is 212 g/mol. The van der Waals surface area contributed by atoms with Crippen molar-refractivity contribution in [3.8, 4) is 0 Å². The van der Waals surface area contributed by atoms with E-state index in [4.69, 9.17) is 9.47 Å². The fraction of sp³-hybridized carbons (Fsp3) is 0.800. The minimum absolute atomic E-state index is 0.00654. The van der Waals surface area contributed by atoms with Gasteiger partial charge in [0.15, 0.2) is 6.10 Å². The Balaban J connectivity index is 2.16. The zero-order valence-corrected chi connectivity index (χ0v) is 9.99. The molecule has 0 aromatic carbocycles. The van der Waals surface area contributed by atoms with E-state index in [1.807, 2.05) is 6.92 Å². The first kappa shape index (κ1) is 12.8. The van der Waals surface area contributed by atoms with Crippen LogP contribution in [0.5, 0.6) is 0 Å². The van der Waals surface area contributed by atoms with Gasteiger partial charge in [-0.1, -0.05) is 0 Å². The van der Waals surface area contributed by atoms with Crippen molar-refractivity contribution in [2.45, 2.75) is 45.4 Å². The van der Waals surface area contributed by atoms with Gasteiger partial charge in [-0.3, -0.25) is 10.1 Å². The molecule has 92 valence electrons. The Bertz CT molecular complexity index is 285. The van der Waals surface area contributed by atoms with Crippen LogP contribution >= 0.6 is 0 Å². The van der Waals surface area contributed by atoms with E-state index in [1.165, 1.54) is 0 Å². The fourth-order valence-electron chi connectivity index (χ4n) is 1.24. The number of carbonyl (C=O) groups excluding carboxylic acids is 2. The highest BCUT2D eigenvalue weighted by Crippen LogP contribution is 2.09. The normalized spacial score (nSPS) is 24.4. The molecular formula is C10H18N2O4. The van der Waals surface area contributed by atoms with Crippen LogP contribution in [0.15, 0.2) is 0 Å². The Morgan fingerprint density at radius 3 is 2.56 bits per heavy atom. The predicted octanol–water partition coefficient (Wildman–Crippen LogP) is 0.372. The van der Waals surface area contributed by atoms with E-state index < -0.39 is 17.8 Å². The van der Waals surface area contributed by atoms with Crippen molar-refractivity contribution in [3.05, 3.63) is 0 Å². The molecule has 2 N–H and O–H groups in total. The van der Waals surface area contributed by atoms with Gasteiger partial charge in [0, 0.05) is 0 Å². The van der Waals surface area contributed by atoms with Gasteiger partial charge in [0.05, 0.1) is 6.04 Å². The summed E-state index contributed by atoms with van der Waals surface area (Å²) in [6, 6.07) is -0.00654. The van der Waals surface area contributed by atoms with E-state index in [-0.39, 0.29) is 18.7 Å². The van der Waals surface area contributed by atoms with Crippen molar-refractivity contribution in [1.82, 2.24) is 10.6 Å². The first-order valence-corrected chi connectivity index (χ1v) is 5.18. The molecule has 1 heterocycles. The van der Waals surface area contributed by atoms with E-state index in [9.17, 15) is 9.59 Å². The van der Waals surface area contributed by atoms with E-state index in [0.717, 1.165) is 0 Å². The zero-order valence-electron chi connectivity index (χ0n) is 9.99. The lowest BCUT2D eigenvalue weighted by Crippen LogP contribution is -2.62. The molecule has 6 heteroatoms. The van der Waals surface area contributed by atoms with Crippen molar-refractivity contribution >= 4 is 12.0 Å². The number of nitrogens with one attached hydrogen (secondary N) is 2. The van der Waals surface area contributed by atoms with Crippen LogP contribution in [0.4, 0.5) is 4.79 Å². The molecule has 0 aromatic rings. The highest BCUT2D eigenvalue weighted by Gasteiger charge is 2.36. The van der Waals surface area contributed by atoms with Crippen molar-refractivity contribution in [2.24, 2.45) is 0 Å². The average molecular weight is 230 g/mol. The molecule has 2 atom stereocenters. The van der Waals surface area contributed by atoms with E-state index in [2.05, 4.69) is 10.6 Å². The van der Waals surface area contributed by atoms with Gasteiger partial charge in [0.1, 0.15) is 12.3 Å². The average Bonchev–Trinajstić information content (AvgIpc) is 2.09. The molecule has 0 unspecified atom stereocenters. The van der Waals surface area contributed by atoms with Crippen molar-refractivity contribution in [2.75, 3.05) is 6.73 Å². The summed E-state index contributed by atoms with van der Waals surface area (Å²) >= 11 is 0. The molecule has 0 aliphatic carbocycles. The second-order valence-electron chi connectivity index (χ2n) is 4.71. The minimum Gasteiger partial charge on any atom is -0.444 e. The number of hydrogen-bond acceptors (Lipinski definition) is 4. The summed E-state index contributed by atoms with van der Waals surface area (Å²) in [5.41, 5.74) is -0.536. The molecule has 0 bridgehead atoms. The van der Waals surface area contributed by atoms with Gasteiger partial charge >= 0.3 is 6.09 Å². The monoisotopic (exact) mass is 230 g/mol. The molecule has 0 spiro atoms. The van der Waals surface area contributed by atoms with Gasteiger partial charge < -0.3 is 14.8 Å². The lowest BCUT2D eigenvalue weighted by molar-refractivity contribution is -0.147. The van der Waals surface area contributed by atoms with Crippen molar-refractivity contribution < 1.29 is 19.1 Å². The number of hydrogen-bond donors (Lipinski definition) is 2. The maximum atomic E-state index is 11.2. The third-order valence-electron chi connectivity index (χ3n) is 1.96. The third kappa shape index (κ3) is 3.69. The molecule has 16 heavy (non-hydrogen) atoms. The SMILES string of the molecule is C[C@H]1NC(=O)[C@H]1OCNC(=O)OC(C)(C)C. The molecule has 1 saturated heterocycles. The van der Waals surface area contributed by atoms with Gasteiger partial charge in [-0.15, -0.1) is 0 Å². The Morgan fingerprint density at radius 2 is 2.12 bits per heavy atom. The first-order valence-electron chi connectivity index (χ1n) is 5.18. The molecule has 1 rings (SSSR count). The van der Waals surface area contributed by atoms with Gasteiger partial charge in [0.2, 0.25) is 0 Å². The maximum Gasteiger partial charge on any atom is 0.409 e. The van der Waals surface area contributed by atoms with Crippen LogP contribution in [0.25, 0.3) is 0 Å². The topological polar surface area (TPSA) is 76.7 Å². The summed E-state index contributed by atoms with van der Waals surface area (Å²) < 4.78 is 10.2. The van der Waals surface area contributed by atoms with E-state index in [1.54, 1.807) is 20.8 Å². The summed E-state index contributed by atoms with van der Waals surface area (Å²) in [5, 5.41) is 5.04. The first-order chi connectivity index (χ1) is 7.29. The molecule has 1 fully saturated rings. The molecule has 1 aliphatic rings. The summed E-state index contributed by atoms with van der Waals surface area (Å²) in [6.07, 6.45) is -1.03. The molecule has 6 nitrogen and oxygen atoms in total. The van der Waals surface area contributed by atoms with Gasteiger partial charge in [-0.05, 0) is 27.7 Å². The number of rotatable bonds is 3. The van der Waals surface area contributed by atoms with Crippen LogP contribution < -0.4 is 10.6 Å². The fourth-order valence-corrected chi connectivity index (χ4v) is 1.24. The standard InChI is InChI=1S/C10H18N2O4/c1-6-7(8(13)12-6)15-5-11-9(14)16-10(2,3)4/h6-7H,5H2,1-4H3,(H,11,14)(H,12,13)/t6-,7+/m1/s1. The smallest absolute Gasteiger partial charge is 0.409 e. The van der Waals surface area contributed by atoms with Gasteiger partial charge in [-0.25, -0.2) is 4.79 Å². The number of alkyl carbamates (subject to hydrolysis) is 1. The summed E-state index contributed by atoms with van der Waals surface area (Å²) in [7, 11) is 0. The lowest BCUT2D eigenvalue weighted by Gasteiger charge is -2.33. The molecule has 0 radical (unpaired) electrons. The Labute approximate surface area is 94.7 Å². The molecule has 0 aromatic heterocycles. The second kappa shape index (κ2) is 4.69. The zero-order chi connectivity index (χ0) is 12.3. The molecule has 1 aliphatic heterocycles. The Morgan fingerprint density at radius 1 is 1.50 bits per heavy atom. The van der Waals surface area contributed by atoms with Crippen LogP contribution in [0.2, 0.25) is 0 Å². The summed E-state index contributed by atoms with van der Waals surface area (Å²) in [5.74, 6) is -0.154.